The quantitative estimate of drug-likeness (QED) is 0.111. The predicted molar refractivity (Wildman–Crippen MR) is 189 cm³/mol. The van der Waals surface area contributed by atoms with Crippen LogP contribution in [0, 0.1) is 18.6 Å². The lowest BCUT2D eigenvalue weighted by molar-refractivity contribution is 0.0357. The van der Waals surface area contributed by atoms with Gasteiger partial charge in [0.1, 0.15) is 17.1 Å². The van der Waals surface area contributed by atoms with Crippen molar-refractivity contribution in [1.82, 2.24) is 14.5 Å². The highest BCUT2D eigenvalue weighted by molar-refractivity contribution is 7.98. The molecule has 260 valence electrons. The van der Waals surface area contributed by atoms with Crippen LogP contribution in [0.3, 0.4) is 0 Å². The molecule has 2 aromatic heterocycles. The van der Waals surface area contributed by atoms with Crippen LogP contribution in [0.1, 0.15) is 22.3 Å². The molecule has 0 bridgehead atoms. The number of nitrogens with one attached hydrogen (secondary N) is 1. The van der Waals surface area contributed by atoms with Gasteiger partial charge in [-0.1, -0.05) is 0 Å². The molecular formula is C37H36F2N4O6S. The SMILES string of the molecule is COc1cc2c(Oc3ccc(NC(=O)c4cc(C)c(SC)n(-c5ccc(F)cc5)c4=O)cc3F)ccnc2cc1OCCCN1CCOCC1. The number of morpholine rings is 1. The molecule has 50 heavy (non-hydrogen) atoms. The van der Waals surface area contributed by atoms with Gasteiger partial charge in [0.2, 0.25) is 0 Å². The van der Waals surface area contributed by atoms with Gasteiger partial charge in [-0.3, -0.25) is 24.0 Å². The van der Waals surface area contributed by atoms with Crippen LogP contribution in [-0.2, 0) is 4.74 Å². The Morgan fingerprint density at radius 2 is 1.76 bits per heavy atom. The predicted octanol–water partition coefficient (Wildman–Crippen LogP) is 6.85. The molecule has 0 saturated carbocycles. The van der Waals surface area contributed by atoms with E-state index in [0.717, 1.165) is 45.3 Å². The Morgan fingerprint density at radius 1 is 0.980 bits per heavy atom. The third-order valence-electron chi connectivity index (χ3n) is 8.23. The van der Waals surface area contributed by atoms with Crippen LogP contribution >= 0.6 is 11.8 Å². The first-order valence-electron chi connectivity index (χ1n) is 16.0. The molecule has 1 aliphatic heterocycles. The normalized spacial score (nSPS) is 13.3. The van der Waals surface area contributed by atoms with Crippen LogP contribution in [0.25, 0.3) is 16.6 Å². The summed E-state index contributed by atoms with van der Waals surface area (Å²) in [6.07, 6.45) is 4.20. The van der Waals surface area contributed by atoms with Crippen molar-refractivity contribution in [2.45, 2.75) is 18.4 Å². The van der Waals surface area contributed by atoms with Gasteiger partial charge in [0.05, 0.1) is 37.5 Å². The van der Waals surface area contributed by atoms with E-state index in [1.54, 1.807) is 44.7 Å². The van der Waals surface area contributed by atoms with E-state index < -0.39 is 23.1 Å². The standard InChI is InChI=1S/C37H36F2N4O6S/c1-23-19-28(36(45)43(37(23)50-3)26-8-5-24(38)6-9-26)35(44)41-25-7-10-32(29(39)20-25)49-31-11-12-40-30-22-34(33(46-2)21-27(30)31)48-16-4-13-42-14-17-47-18-15-42/h5-12,19-22H,4,13-18H2,1-3H3,(H,41,44). The Balaban J connectivity index is 1.17. The maximum absolute atomic E-state index is 15.4. The summed E-state index contributed by atoms with van der Waals surface area (Å²) in [7, 11) is 1.54. The minimum atomic E-state index is -0.738. The van der Waals surface area contributed by atoms with Gasteiger partial charge in [0.25, 0.3) is 11.5 Å². The minimum Gasteiger partial charge on any atom is -0.493 e. The largest absolute Gasteiger partial charge is 0.493 e. The molecule has 1 saturated heterocycles. The number of methoxy groups -OCH3 is 1. The number of rotatable bonds is 12. The average molecular weight is 703 g/mol. The maximum atomic E-state index is 15.4. The lowest BCUT2D eigenvalue weighted by Crippen LogP contribution is -2.37. The van der Waals surface area contributed by atoms with E-state index in [0.29, 0.717) is 51.0 Å². The van der Waals surface area contributed by atoms with Crippen molar-refractivity contribution in [3.63, 3.8) is 0 Å². The summed E-state index contributed by atoms with van der Waals surface area (Å²) in [5, 5.41) is 3.80. The Morgan fingerprint density at radius 3 is 2.48 bits per heavy atom. The molecule has 1 aliphatic rings. The molecular weight excluding hydrogens is 666 g/mol. The van der Waals surface area contributed by atoms with E-state index in [2.05, 4.69) is 15.2 Å². The first kappa shape index (κ1) is 34.9. The number of halogens is 2. The van der Waals surface area contributed by atoms with E-state index in [9.17, 15) is 14.0 Å². The number of hydrogen-bond donors (Lipinski definition) is 1. The molecule has 0 atom stereocenters. The molecule has 1 fully saturated rings. The monoisotopic (exact) mass is 702 g/mol. The van der Waals surface area contributed by atoms with Crippen molar-refractivity contribution in [3.8, 4) is 28.7 Å². The first-order chi connectivity index (χ1) is 24.2. The first-order valence-corrected chi connectivity index (χ1v) is 17.2. The highest BCUT2D eigenvalue weighted by Gasteiger charge is 2.20. The van der Waals surface area contributed by atoms with Crippen molar-refractivity contribution in [2.24, 2.45) is 0 Å². The molecule has 13 heteroatoms. The van der Waals surface area contributed by atoms with Crippen LogP contribution in [0.5, 0.6) is 23.0 Å². The van der Waals surface area contributed by atoms with E-state index in [4.69, 9.17) is 18.9 Å². The second kappa shape index (κ2) is 15.7. The van der Waals surface area contributed by atoms with Crippen LogP contribution in [-0.4, -0.2) is 73.2 Å². The van der Waals surface area contributed by atoms with Gasteiger partial charge in [-0.15, -0.1) is 11.8 Å². The number of ether oxygens (including phenoxy) is 4. The molecule has 6 rings (SSSR count). The van der Waals surface area contributed by atoms with Crippen LogP contribution in [0.4, 0.5) is 14.5 Å². The number of benzene rings is 3. The van der Waals surface area contributed by atoms with Gasteiger partial charge in [-0.25, -0.2) is 8.78 Å². The third kappa shape index (κ3) is 7.75. The van der Waals surface area contributed by atoms with Crippen LogP contribution < -0.4 is 25.1 Å². The zero-order chi connectivity index (χ0) is 35.2. The van der Waals surface area contributed by atoms with E-state index in [-0.39, 0.29) is 17.0 Å². The number of hydrogen-bond acceptors (Lipinski definition) is 9. The van der Waals surface area contributed by atoms with Gasteiger partial charge in [-0.05, 0) is 79.8 Å². The lowest BCUT2D eigenvalue weighted by atomic mass is 10.1. The summed E-state index contributed by atoms with van der Waals surface area (Å²) in [5.41, 5.74) is 1.04. The minimum absolute atomic E-state index is 0.0864. The van der Waals surface area contributed by atoms with Gasteiger partial charge in [-0.2, -0.15) is 0 Å². The summed E-state index contributed by atoms with van der Waals surface area (Å²) in [6.45, 7) is 6.50. The van der Waals surface area contributed by atoms with Crippen molar-refractivity contribution in [1.29, 1.82) is 0 Å². The number of aromatic nitrogens is 2. The zero-order valence-corrected chi connectivity index (χ0v) is 28.6. The molecule has 5 aromatic rings. The average Bonchev–Trinajstić information content (AvgIpc) is 3.12. The Labute approximate surface area is 291 Å². The third-order valence-corrected chi connectivity index (χ3v) is 9.13. The molecule has 0 radical (unpaired) electrons. The number of thioether (sulfide) groups is 1. The number of aryl methyl sites for hydroxylation is 1. The highest BCUT2D eigenvalue weighted by atomic mass is 32.2. The number of pyridine rings is 2. The molecule has 1 N–H and O–H groups in total. The summed E-state index contributed by atoms with van der Waals surface area (Å²) in [4.78, 5) is 33.6. The zero-order valence-electron chi connectivity index (χ0n) is 27.8. The van der Waals surface area contributed by atoms with Crippen molar-refractivity contribution < 1.29 is 32.5 Å². The fourth-order valence-corrected chi connectivity index (χ4v) is 6.48. The van der Waals surface area contributed by atoms with Crippen LogP contribution in [0.2, 0.25) is 0 Å². The Bertz CT molecular complexity index is 2070. The fraction of sp³-hybridized carbons (Fsp3) is 0.270. The molecule has 3 heterocycles. The van der Waals surface area contributed by atoms with Gasteiger partial charge in [0, 0.05) is 54.7 Å². The number of carbonyl (C=O) groups excluding carboxylic acids is 1. The molecule has 0 unspecified atom stereocenters. The van der Waals surface area contributed by atoms with Gasteiger partial charge in [0.15, 0.2) is 23.1 Å². The molecule has 0 spiro atoms. The second-order valence-corrected chi connectivity index (χ2v) is 12.3. The number of carbonyl (C=O) groups is 1. The van der Waals surface area contributed by atoms with Gasteiger partial charge < -0.3 is 24.3 Å². The lowest BCUT2D eigenvalue weighted by Gasteiger charge is -2.26. The summed E-state index contributed by atoms with van der Waals surface area (Å²) >= 11 is 1.33. The van der Waals surface area contributed by atoms with Crippen molar-refractivity contribution in [3.05, 3.63) is 106 Å². The van der Waals surface area contributed by atoms with E-state index in [1.807, 2.05) is 0 Å². The molecule has 1 amide bonds. The maximum Gasteiger partial charge on any atom is 0.268 e. The second-order valence-electron chi connectivity index (χ2n) is 11.6. The summed E-state index contributed by atoms with van der Waals surface area (Å²) in [5.74, 6) is -0.626. The summed E-state index contributed by atoms with van der Waals surface area (Å²) in [6, 6.07) is 16.0. The number of fused-ring (bicyclic) bond motifs is 1. The topological polar surface area (TPSA) is 104 Å². The molecule has 3 aromatic carbocycles. The van der Waals surface area contributed by atoms with Crippen LogP contribution in [0.15, 0.2) is 82.7 Å². The van der Waals surface area contributed by atoms with E-state index >= 15 is 4.39 Å². The van der Waals surface area contributed by atoms with Crippen molar-refractivity contribution >= 4 is 34.3 Å². The van der Waals surface area contributed by atoms with Crippen molar-refractivity contribution in [2.75, 3.05) is 58.1 Å². The molecule has 10 nitrogen and oxygen atoms in total. The number of nitrogens with zero attached hydrogens (tertiary/aromatic N) is 3. The Hall–Kier alpha value is -4.98. The fourth-order valence-electron chi connectivity index (χ4n) is 5.73. The molecule has 0 aliphatic carbocycles. The Kier molecular flexibility index (Phi) is 11.0. The number of amides is 1. The summed E-state index contributed by atoms with van der Waals surface area (Å²) < 4.78 is 53.4. The number of anilines is 1. The van der Waals surface area contributed by atoms with Gasteiger partial charge >= 0.3 is 0 Å². The highest BCUT2D eigenvalue weighted by Crippen LogP contribution is 2.38. The van der Waals surface area contributed by atoms with E-state index in [1.165, 1.54) is 58.8 Å². The smallest absolute Gasteiger partial charge is 0.268 e.